The zero-order valence-corrected chi connectivity index (χ0v) is 15.1. The van der Waals surface area contributed by atoms with Crippen molar-refractivity contribution in [3.05, 3.63) is 53.0 Å². The molecule has 3 heterocycles. The number of thiazole rings is 1. The Labute approximate surface area is 156 Å². The van der Waals surface area contributed by atoms with Gasteiger partial charge in [-0.15, -0.1) is 11.3 Å². The molecule has 0 unspecified atom stereocenters. The van der Waals surface area contributed by atoms with Crippen LogP contribution in [0.4, 0.5) is 11.1 Å². The molecule has 3 aromatic heterocycles. The van der Waals surface area contributed by atoms with Gasteiger partial charge in [-0.2, -0.15) is 0 Å². The lowest BCUT2D eigenvalue weighted by Gasteiger charge is -1.98. The molecule has 0 aliphatic rings. The van der Waals surface area contributed by atoms with Crippen LogP contribution in [0.25, 0.3) is 20.8 Å². The number of amides is 1. The summed E-state index contributed by atoms with van der Waals surface area (Å²) in [5.41, 5.74) is 13.8. The molecule has 0 aliphatic heterocycles. The molecular weight excluding hydrogens is 368 g/mol. The summed E-state index contributed by atoms with van der Waals surface area (Å²) in [5, 5.41) is 3.41. The third-order valence-corrected chi connectivity index (χ3v) is 5.71. The van der Waals surface area contributed by atoms with Gasteiger partial charge in [0.1, 0.15) is 0 Å². The molecule has 0 fully saturated rings. The van der Waals surface area contributed by atoms with Crippen LogP contribution in [0.3, 0.4) is 0 Å². The Morgan fingerprint density at radius 3 is 2.81 bits per heavy atom. The Balaban J connectivity index is 1.55. The SMILES string of the molecule is NCc1ccc2nc(NC(=O)c3ccc(-c4ccnc(N)n4)s3)sc2c1. The van der Waals surface area contributed by atoms with Crippen LogP contribution in [0.1, 0.15) is 15.2 Å². The van der Waals surface area contributed by atoms with Crippen LogP contribution in [-0.4, -0.2) is 20.9 Å². The van der Waals surface area contributed by atoms with E-state index >= 15 is 0 Å². The average molecular weight is 382 g/mol. The maximum absolute atomic E-state index is 12.5. The second-order valence-corrected chi connectivity index (χ2v) is 7.56. The van der Waals surface area contributed by atoms with Crippen LogP contribution < -0.4 is 16.8 Å². The van der Waals surface area contributed by atoms with Gasteiger partial charge in [-0.25, -0.2) is 15.0 Å². The van der Waals surface area contributed by atoms with E-state index < -0.39 is 0 Å². The molecule has 9 heteroatoms. The summed E-state index contributed by atoms with van der Waals surface area (Å²) in [6, 6.07) is 11.2. The van der Waals surface area contributed by atoms with E-state index in [1.54, 1.807) is 18.3 Å². The van der Waals surface area contributed by atoms with Crippen LogP contribution in [0, 0.1) is 0 Å². The minimum Gasteiger partial charge on any atom is -0.368 e. The maximum Gasteiger partial charge on any atom is 0.267 e. The van der Waals surface area contributed by atoms with Gasteiger partial charge in [0.25, 0.3) is 5.91 Å². The Kier molecular flexibility index (Phi) is 4.33. The Bertz CT molecular complexity index is 1100. The first kappa shape index (κ1) is 16.6. The predicted octanol–water partition coefficient (Wildman–Crippen LogP) is 3.11. The van der Waals surface area contributed by atoms with E-state index in [2.05, 4.69) is 20.3 Å². The van der Waals surface area contributed by atoms with Gasteiger partial charge in [0.2, 0.25) is 5.95 Å². The number of carbonyl (C=O) groups is 1. The van der Waals surface area contributed by atoms with Crippen molar-refractivity contribution in [2.75, 3.05) is 11.1 Å². The summed E-state index contributed by atoms with van der Waals surface area (Å²) in [4.78, 5) is 26.4. The molecule has 0 spiro atoms. The van der Waals surface area contributed by atoms with Crippen molar-refractivity contribution in [2.24, 2.45) is 5.73 Å². The number of nitrogen functional groups attached to an aromatic ring is 1. The van der Waals surface area contributed by atoms with Crippen LogP contribution in [0.5, 0.6) is 0 Å². The van der Waals surface area contributed by atoms with Gasteiger partial charge in [-0.1, -0.05) is 17.4 Å². The maximum atomic E-state index is 12.5. The predicted molar refractivity (Wildman–Crippen MR) is 105 cm³/mol. The van der Waals surface area contributed by atoms with Crippen molar-refractivity contribution in [1.82, 2.24) is 15.0 Å². The topological polar surface area (TPSA) is 120 Å². The average Bonchev–Trinajstić information content (AvgIpc) is 3.27. The summed E-state index contributed by atoms with van der Waals surface area (Å²) < 4.78 is 0.992. The van der Waals surface area contributed by atoms with E-state index in [9.17, 15) is 4.79 Å². The van der Waals surface area contributed by atoms with Crippen molar-refractivity contribution in [3.8, 4) is 10.6 Å². The van der Waals surface area contributed by atoms with Gasteiger partial charge in [0.15, 0.2) is 5.13 Å². The Morgan fingerprint density at radius 1 is 1.12 bits per heavy atom. The first-order valence-corrected chi connectivity index (χ1v) is 9.35. The van der Waals surface area contributed by atoms with Gasteiger partial charge < -0.3 is 11.5 Å². The number of aromatic nitrogens is 3. The van der Waals surface area contributed by atoms with E-state index in [0.717, 1.165) is 20.7 Å². The highest BCUT2D eigenvalue weighted by atomic mass is 32.1. The summed E-state index contributed by atoms with van der Waals surface area (Å²) in [5.74, 6) is -0.00499. The fourth-order valence-electron chi connectivity index (χ4n) is 2.42. The van der Waals surface area contributed by atoms with Crippen LogP contribution in [0.2, 0.25) is 0 Å². The van der Waals surface area contributed by atoms with Crippen LogP contribution >= 0.6 is 22.7 Å². The van der Waals surface area contributed by atoms with Gasteiger partial charge in [0.05, 0.1) is 25.7 Å². The highest BCUT2D eigenvalue weighted by Crippen LogP contribution is 2.30. The zero-order chi connectivity index (χ0) is 18.1. The number of hydrogen-bond acceptors (Lipinski definition) is 8. The van der Waals surface area contributed by atoms with E-state index in [1.807, 2.05) is 24.3 Å². The largest absolute Gasteiger partial charge is 0.368 e. The fraction of sp³-hybridized carbons (Fsp3) is 0.0588. The number of nitrogens with zero attached hydrogens (tertiary/aromatic N) is 3. The zero-order valence-electron chi connectivity index (χ0n) is 13.5. The molecule has 1 aromatic carbocycles. The first-order chi connectivity index (χ1) is 12.6. The molecule has 0 aliphatic carbocycles. The normalized spacial score (nSPS) is 11.0. The molecule has 130 valence electrons. The molecule has 4 aromatic rings. The van der Waals surface area contributed by atoms with Crippen molar-refractivity contribution >= 4 is 49.9 Å². The standard InChI is InChI=1S/C17H14N6OS2/c18-8-9-1-2-10-14(7-9)26-17(22-10)23-15(24)13-4-3-12(25-13)11-5-6-20-16(19)21-11/h1-7H,8,18H2,(H2,19,20,21)(H,22,23,24). The minimum atomic E-state index is -0.207. The molecular formula is C17H14N6OS2. The molecule has 7 nitrogen and oxygen atoms in total. The Hall–Kier alpha value is -2.88. The molecule has 5 N–H and O–H groups in total. The number of carbonyl (C=O) groups excluding carboxylic acids is 1. The summed E-state index contributed by atoms with van der Waals surface area (Å²) in [6.45, 7) is 0.473. The summed E-state index contributed by atoms with van der Waals surface area (Å²) in [7, 11) is 0. The van der Waals surface area contributed by atoms with Gasteiger partial charge in [0, 0.05) is 12.7 Å². The van der Waals surface area contributed by atoms with E-state index in [1.165, 1.54) is 22.7 Å². The fourth-order valence-corrected chi connectivity index (χ4v) is 4.21. The molecule has 26 heavy (non-hydrogen) atoms. The van der Waals surface area contributed by atoms with E-state index in [-0.39, 0.29) is 11.9 Å². The van der Waals surface area contributed by atoms with Gasteiger partial charge in [-0.3, -0.25) is 10.1 Å². The molecule has 0 atom stereocenters. The second-order valence-electron chi connectivity index (χ2n) is 5.44. The molecule has 0 bridgehead atoms. The molecule has 0 radical (unpaired) electrons. The lowest BCUT2D eigenvalue weighted by atomic mass is 10.2. The van der Waals surface area contributed by atoms with Crippen molar-refractivity contribution in [1.29, 1.82) is 0 Å². The van der Waals surface area contributed by atoms with Crippen LogP contribution in [-0.2, 0) is 6.54 Å². The molecule has 0 saturated carbocycles. The second kappa shape index (κ2) is 6.79. The van der Waals surface area contributed by atoms with Crippen LogP contribution in [0.15, 0.2) is 42.6 Å². The van der Waals surface area contributed by atoms with Gasteiger partial charge in [-0.05, 0) is 35.9 Å². The van der Waals surface area contributed by atoms with E-state index in [4.69, 9.17) is 11.5 Å². The molecule has 1 amide bonds. The lowest BCUT2D eigenvalue weighted by molar-refractivity contribution is 0.103. The van der Waals surface area contributed by atoms with Gasteiger partial charge >= 0.3 is 0 Å². The number of thiophene rings is 1. The number of anilines is 2. The van der Waals surface area contributed by atoms with Crippen molar-refractivity contribution in [2.45, 2.75) is 6.54 Å². The summed E-state index contributed by atoms with van der Waals surface area (Å²) >= 11 is 2.76. The first-order valence-electron chi connectivity index (χ1n) is 7.72. The molecule has 4 rings (SSSR count). The third-order valence-electron chi connectivity index (χ3n) is 3.67. The minimum absolute atomic E-state index is 0.202. The highest BCUT2D eigenvalue weighted by molar-refractivity contribution is 7.22. The third kappa shape index (κ3) is 3.27. The highest BCUT2D eigenvalue weighted by Gasteiger charge is 2.14. The lowest BCUT2D eigenvalue weighted by Crippen LogP contribution is -2.09. The van der Waals surface area contributed by atoms with Crippen molar-refractivity contribution in [3.63, 3.8) is 0 Å². The smallest absolute Gasteiger partial charge is 0.267 e. The Morgan fingerprint density at radius 2 is 2.00 bits per heavy atom. The van der Waals surface area contributed by atoms with E-state index in [0.29, 0.717) is 22.2 Å². The number of nitrogens with two attached hydrogens (primary N) is 2. The number of nitrogens with one attached hydrogen (secondary N) is 1. The number of hydrogen-bond donors (Lipinski definition) is 3. The number of fused-ring (bicyclic) bond motifs is 1. The molecule has 0 saturated heterocycles. The number of rotatable bonds is 4. The summed E-state index contributed by atoms with van der Waals surface area (Å²) in [6.07, 6.45) is 1.59. The quantitative estimate of drug-likeness (QED) is 0.499. The van der Waals surface area contributed by atoms with Crippen molar-refractivity contribution < 1.29 is 4.79 Å². The monoisotopic (exact) mass is 382 g/mol. The number of benzene rings is 1.